The van der Waals surface area contributed by atoms with Crippen LogP contribution in [0.3, 0.4) is 0 Å². The molecule has 1 aliphatic rings. The van der Waals surface area contributed by atoms with Gasteiger partial charge in [-0.2, -0.15) is 0 Å². The average Bonchev–Trinajstić information content (AvgIpc) is 2.72. The SMILES string of the molecule is Cc1ccc(NC(=O)[C@@H](C)C2CCN(C(=O)Nc3ccc(F)cc3)CC2)cc1Cl. The first-order valence-electron chi connectivity index (χ1n) is 9.72. The van der Waals surface area contributed by atoms with Gasteiger partial charge in [0.15, 0.2) is 0 Å². The molecule has 2 aromatic rings. The van der Waals surface area contributed by atoms with Gasteiger partial charge in [0.25, 0.3) is 0 Å². The third-order valence-electron chi connectivity index (χ3n) is 5.48. The number of nitrogens with one attached hydrogen (secondary N) is 2. The van der Waals surface area contributed by atoms with Crippen LogP contribution >= 0.6 is 11.6 Å². The van der Waals surface area contributed by atoms with Crippen molar-refractivity contribution in [2.24, 2.45) is 11.8 Å². The molecule has 1 aliphatic heterocycles. The Morgan fingerprint density at radius 1 is 1.07 bits per heavy atom. The predicted molar refractivity (Wildman–Crippen MR) is 114 cm³/mol. The van der Waals surface area contributed by atoms with Crippen LogP contribution < -0.4 is 10.6 Å². The molecule has 29 heavy (non-hydrogen) atoms. The minimum absolute atomic E-state index is 0.0425. The maximum Gasteiger partial charge on any atom is 0.321 e. The molecule has 3 amide bonds. The van der Waals surface area contributed by atoms with Crippen molar-refractivity contribution in [3.63, 3.8) is 0 Å². The van der Waals surface area contributed by atoms with Gasteiger partial charge in [-0.05, 0) is 67.6 Å². The fourth-order valence-electron chi connectivity index (χ4n) is 3.48. The summed E-state index contributed by atoms with van der Waals surface area (Å²) in [6.45, 7) is 4.98. The number of carbonyl (C=O) groups is 2. The smallest absolute Gasteiger partial charge is 0.321 e. The van der Waals surface area contributed by atoms with E-state index in [4.69, 9.17) is 11.6 Å². The Kier molecular flexibility index (Phi) is 6.75. The summed E-state index contributed by atoms with van der Waals surface area (Å²) in [7, 11) is 0. The van der Waals surface area contributed by atoms with Crippen LogP contribution in [0.5, 0.6) is 0 Å². The number of halogens is 2. The molecular weight excluding hydrogens is 393 g/mol. The number of aryl methyl sites for hydroxylation is 1. The van der Waals surface area contributed by atoms with Gasteiger partial charge in [-0.1, -0.05) is 24.6 Å². The van der Waals surface area contributed by atoms with E-state index in [1.165, 1.54) is 24.3 Å². The zero-order valence-corrected chi connectivity index (χ0v) is 17.3. The summed E-state index contributed by atoms with van der Waals surface area (Å²) in [4.78, 5) is 26.7. The van der Waals surface area contributed by atoms with E-state index in [0.717, 1.165) is 18.4 Å². The largest absolute Gasteiger partial charge is 0.326 e. The highest BCUT2D eigenvalue weighted by Crippen LogP contribution is 2.27. The Morgan fingerprint density at radius 3 is 2.31 bits per heavy atom. The minimum Gasteiger partial charge on any atom is -0.326 e. The van der Waals surface area contributed by atoms with Crippen LogP contribution in [0.4, 0.5) is 20.6 Å². The monoisotopic (exact) mass is 417 g/mol. The molecular formula is C22H25ClFN3O2. The molecule has 1 atom stereocenters. The Labute approximate surface area is 175 Å². The second-order valence-electron chi connectivity index (χ2n) is 7.50. The highest BCUT2D eigenvalue weighted by molar-refractivity contribution is 6.31. The first-order chi connectivity index (χ1) is 13.8. The number of hydrogen-bond donors (Lipinski definition) is 2. The number of likely N-dealkylation sites (tertiary alicyclic amines) is 1. The molecule has 7 heteroatoms. The molecule has 0 aromatic heterocycles. The quantitative estimate of drug-likeness (QED) is 0.708. The van der Waals surface area contributed by atoms with Crippen LogP contribution in [0.15, 0.2) is 42.5 Å². The summed E-state index contributed by atoms with van der Waals surface area (Å²) in [5.74, 6) is -0.355. The van der Waals surface area contributed by atoms with E-state index in [1.807, 2.05) is 26.0 Å². The van der Waals surface area contributed by atoms with Gasteiger partial charge in [0.2, 0.25) is 5.91 Å². The van der Waals surface area contributed by atoms with Gasteiger partial charge in [-0.3, -0.25) is 4.79 Å². The molecule has 1 fully saturated rings. The van der Waals surface area contributed by atoms with Crippen molar-refractivity contribution in [1.82, 2.24) is 4.90 Å². The van der Waals surface area contributed by atoms with Crippen molar-refractivity contribution >= 4 is 34.9 Å². The highest BCUT2D eigenvalue weighted by atomic mass is 35.5. The molecule has 2 N–H and O–H groups in total. The number of piperidine rings is 1. The standard InChI is InChI=1S/C22H25ClFN3O2/c1-14-3-6-19(13-20(14)23)25-21(28)15(2)16-9-11-27(12-10-16)22(29)26-18-7-4-17(24)5-8-18/h3-8,13,15-16H,9-12H2,1-2H3,(H,25,28)(H,26,29)/t15-/m0/s1. The molecule has 0 radical (unpaired) electrons. The topological polar surface area (TPSA) is 61.4 Å². The lowest BCUT2D eigenvalue weighted by atomic mass is 9.85. The van der Waals surface area contributed by atoms with Gasteiger partial charge in [-0.15, -0.1) is 0 Å². The maximum atomic E-state index is 13.0. The fourth-order valence-corrected chi connectivity index (χ4v) is 3.66. The van der Waals surface area contributed by atoms with Crippen molar-refractivity contribution < 1.29 is 14.0 Å². The third-order valence-corrected chi connectivity index (χ3v) is 5.89. The summed E-state index contributed by atoms with van der Waals surface area (Å²) in [6.07, 6.45) is 1.50. The van der Waals surface area contributed by atoms with Gasteiger partial charge in [0.05, 0.1) is 0 Å². The molecule has 0 saturated carbocycles. The van der Waals surface area contributed by atoms with Gasteiger partial charge >= 0.3 is 6.03 Å². The van der Waals surface area contributed by atoms with Crippen molar-refractivity contribution in [2.75, 3.05) is 23.7 Å². The second-order valence-corrected chi connectivity index (χ2v) is 7.91. The number of amides is 3. The average molecular weight is 418 g/mol. The zero-order chi connectivity index (χ0) is 21.0. The van der Waals surface area contributed by atoms with Gasteiger partial charge in [0, 0.05) is 35.4 Å². The van der Waals surface area contributed by atoms with Gasteiger partial charge in [0.1, 0.15) is 5.82 Å². The lowest BCUT2D eigenvalue weighted by molar-refractivity contribution is -0.121. The molecule has 1 heterocycles. The number of hydrogen-bond acceptors (Lipinski definition) is 2. The highest BCUT2D eigenvalue weighted by Gasteiger charge is 2.30. The Morgan fingerprint density at radius 2 is 1.69 bits per heavy atom. The molecule has 3 rings (SSSR count). The van der Waals surface area contributed by atoms with Crippen molar-refractivity contribution in [3.05, 3.63) is 58.9 Å². The maximum absolute atomic E-state index is 13.0. The van der Waals surface area contributed by atoms with E-state index < -0.39 is 0 Å². The normalized spacial score (nSPS) is 15.7. The number of anilines is 2. The van der Waals surface area contributed by atoms with E-state index in [2.05, 4.69) is 10.6 Å². The Balaban J connectivity index is 1.49. The lowest BCUT2D eigenvalue weighted by Crippen LogP contribution is -2.43. The summed E-state index contributed by atoms with van der Waals surface area (Å²) in [5, 5.41) is 6.33. The zero-order valence-electron chi connectivity index (χ0n) is 16.5. The second kappa shape index (κ2) is 9.27. The molecule has 0 bridgehead atoms. The summed E-state index contributed by atoms with van der Waals surface area (Å²) < 4.78 is 13.0. The van der Waals surface area contributed by atoms with Crippen LogP contribution in [0.2, 0.25) is 5.02 Å². The molecule has 2 aromatic carbocycles. The number of rotatable bonds is 4. The van der Waals surface area contributed by atoms with E-state index in [0.29, 0.717) is 29.5 Å². The molecule has 0 unspecified atom stereocenters. The fraction of sp³-hybridized carbons (Fsp3) is 0.364. The number of nitrogens with zero attached hydrogens (tertiary/aromatic N) is 1. The Bertz CT molecular complexity index is 880. The van der Waals surface area contributed by atoms with Crippen molar-refractivity contribution in [3.8, 4) is 0 Å². The summed E-state index contributed by atoms with van der Waals surface area (Å²) in [5.41, 5.74) is 2.21. The van der Waals surface area contributed by atoms with E-state index >= 15 is 0 Å². The number of benzene rings is 2. The van der Waals surface area contributed by atoms with E-state index in [1.54, 1.807) is 11.0 Å². The van der Waals surface area contributed by atoms with Crippen LogP contribution in [0.1, 0.15) is 25.3 Å². The first-order valence-corrected chi connectivity index (χ1v) is 10.1. The Hall–Kier alpha value is -2.60. The van der Waals surface area contributed by atoms with Gasteiger partial charge < -0.3 is 15.5 Å². The van der Waals surface area contributed by atoms with Crippen LogP contribution in [0.25, 0.3) is 0 Å². The minimum atomic E-state index is -0.344. The van der Waals surface area contributed by atoms with Crippen LogP contribution in [0, 0.1) is 24.6 Å². The summed E-state index contributed by atoms with van der Waals surface area (Å²) in [6, 6.07) is 10.9. The van der Waals surface area contributed by atoms with Crippen molar-refractivity contribution in [1.29, 1.82) is 0 Å². The molecule has 1 saturated heterocycles. The van der Waals surface area contributed by atoms with E-state index in [-0.39, 0.29) is 29.6 Å². The lowest BCUT2D eigenvalue weighted by Gasteiger charge is -2.34. The predicted octanol–water partition coefficient (Wildman–Crippen LogP) is 5.31. The van der Waals surface area contributed by atoms with Crippen molar-refractivity contribution in [2.45, 2.75) is 26.7 Å². The molecule has 0 aliphatic carbocycles. The van der Waals surface area contributed by atoms with Crippen LogP contribution in [-0.2, 0) is 4.79 Å². The first kappa shape index (κ1) is 21.1. The van der Waals surface area contributed by atoms with E-state index in [9.17, 15) is 14.0 Å². The number of carbonyl (C=O) groups excluding carboxylic acids is 2. The van der Waals surface area contributed by atoms with Gasteiger partial charge in [-0.25, -0.2) is 9.18 Å². The van der Waals surface area contributed by atoms with Crippen LogP contribution in [-0.4, -0.2) is 29.9 Å². The summed E-state index contributed by atoms with van der Waals surface area (Å²) >= 11 is 6.12. The molecule has 5 nitrogen and oxygen atoms in total. The molecule has 0 spiro atoms. The third kappa shape index (κ3) is 5.48. The molecule has 154 valence electrons. The number of urea groups is 1.